The van der Waals surface area contributed by atoms with Gasteiger partial charge in [0.2, 0.25) is 0 Å². The van der Waals surface area contributed by atoms with Gasteiger partial charge in [0.05, 0.1) is 18.6 Å². The molecular formula is C13H26N4O. The van der Waals surface area contributed by atoms with Crippen LogP contribution in [0.15, 0.2) is 12.5 Å². The van der Waals surface area contributed by atoms with E-state index in [0.29, 0.717) is 12.6 Å². The fourth-order valence-electron chi connectivity index (χ4n) is 1.89. The summed E-state index contributed by atoms with van der Waals surface area (Å²) in [5, 5.41) is 0. The molecule has 18 heavy (non-hydrogen) atoms. The normalized spacial score (nSPS) is 13.2. The number of rotatable bonds is 9. The molecule has 0 bridgehead atoms. The average Bonchev–Trinajstić information content (AvgIpc) is 2.81. The van der Waals surface area contributed by atoms with Gasteiger partial charge in [0.1, 0.15) is 0 Å². The summed E-state index contributed by atoms with van der Waals surface area (Å²) in [4.78, 5) is 6.83. The molecule has 5 nitrogen and oxygen atoms in total. The molecule has 104 valence electrons. The Balaban J connectivity index is 2.57. The van der Waals surface area contributed by atoms with Crippen LogP contribution in [0.3, 0.4) is 0 Å². The van der Waals surface area contributed by atoms with E-state index in [4.69, 9.17) is 10.5 Å². The van der Waals surface area contributed by atoms with E-state index in [1.165, 1.54) is 0 Å². The van der Waals surface area contributed by atoms with Crippen molar-refractivity contribution in [3.05, 3.63) is 18.2 Å². The SMILES string of the molecule is CCC(C)N(CCOC)Cc1cn(CCN)cn1. The van der Waals surface area contributed by atoms with Gasteiger partial charge >= 0.3 is 0 Å². The summed E-state index contributed by atoms with van der Waals surface area (Å²) in [6, 6.07) is 0.541. The Labute approximate surface area is 110 Å². The number of nitrogens with zero attached hydrogens (tertiary/aromatic N) is 3. The summed E-state index contributed by atoms with van der Waals surface area (Å²) in [6.07, 6.45) is 5.07. The van der Waals surface area contributed by atoms with Crippen molar-refractivity contribution >= 4 is 0 Å². The Hall–Kier alpha value is -0.910. The van der Waals surface area contributed by atoms with Crippen molar-refractivity contribution in [1.29, 1.82) is 0 Å². The van der Waals surface area contributed by atoms with Gasteiger partial charge in [-0.15, -0.1) is 0 Å². The largest absolute Gasteiger partial charge is 0.383 e. The molecule has 5 heteroatoms. The first-order chi connectivity index (χ1) is 8.71. The van der Waals surface area contributed by atoms with Gasteiger partial charge in [0, 0.05) is 45.5 Å². The van der Waals surface area contributed by atoms with Gasteiger partial charge in [-0.05, 0) is 13.3 Å². The lowest BCUT2D eigenvalue weighted by atomic mass is 10.2. The van der Waals surface area contributed by atoms with Crippen LogP contribution in [0.5, 0.6) is 0 Å². The molecule has 1 atom stereocenters. The molecule has 1 rings (SSSR count). The lowest BCUT2D eigenvalue weighted by Gasteiger charge is -2.27. The Morgan fingerprint density at radius 1 is 1.56 bits per heavy atom. The molecule has 1 aromatic heterocycles. The highest BCUT2D eigenvalue weighted by Gasteiger charge is 2.13. The molecule has 0 amide bonds. The van der Waals surface area contributed by atoms with Crippen LogP contribution in [0.2, 0.25) is 0 Å². The fraction of sp³-hybridized carbons (Fsp3) is 0.769. The number of ether oxygens (including phenoxy) is 1. The van der Waals surface area contributed by atoms with Crippen LogP contribution in [-0.2, 0) is 17.8 Å². The van der Waals surface area contributed by atoms with Crippen molar-refractivity contribution < 1.29 is 4.74 Å². The van der Waals surface area contributed by atoms with E-state index >= 15 is 0 Å². The summed E-state index contributed by atoms with van der Waals surface area (Å²) in [5.74, 6) is 0. The number of imidazole rings is 1. The fourth-order valence-corrected chi connectivity index (χ4v) is 1.89. The number of aromatic nitrogens is 2. The molecule has 0 fully saturated rings. The highest BCUT2D eigenvalue weighted by Crippen LogP contribution is 2.09. The molecule has 1 heterocycles. The first kappa shape index (κ1) is 15.1. The molecule has 0 saturated heterocycles. The molecule has 0 aromatic carbocycles. The number of nitrogens with two attached hydrogens (primary N) is 1. The van der Waals surface area contributed by atoms with Gasteiger partial charge < -0.3 is 15.0 Å². The molecule has 0 radical (unpaired) electrons. The second-order valence-electron chi connectivity index (χ2n) is 4.61. The minimum atomic E-state index is 0.541. The zero-order valence-corrected chi connectivity index (χ0v) is 11.8. The van der Waals surface area contributed by atoms with Crippen LogP contribution in [0, 0.1) is 0 Å². The van der Waals surface area contributed by atoms with Crippen LogP contribution in [0.25, 0.3) is 0 Å². The van der Waals surface area contributed by atoms with Gasteiger partial charge in [0.25, 0.3) is 0 Å². The molecule has 1 aromatic rings. The zero-order chi connectivity index (χ0) is 13.4. The lowest BCUT2D eigenvalue weighted by Crippen LogP contribution is -2.35. The van der Waals surface area contributed by atoms with E-state index in [9.17, 15) is 0 Å². The number of methoxy groups -OCH3 is 1. The quantitative estimate of drug-likeness (QED) is 0.716. The average molecular weight is 254 g/mol. The van der Waals surface area contributed by atoms with Gasteiger partial charge in [-0.2, -0.15) is 0 Å². The monoisotopic (exact) mass is 254 g/mol. The van der Waals surface area contributed by atoms with Crippen molar-refractivity contribution in [2.75, 3.05) is 26.8 Å². The van der Waals surface area contributed by atoms with E-state index in [0.717, 1.165) is 38.4 Å². The summed E-state index contributed by atoms with van der Waals surface area (Å²) < 4.78 is 7.21. The standard InChI is InChI=1S/C13H26N4O/c1-4-12(2)17(7-8-18-3)10-13-9-16(6-5-14)11-15-13/h9,11-12H,4-8,10,14H2,1-3H3. The van der Waals surface area contributed by atoms with Crippen molar-refractivity contribution in [3.63, 3.8) is 0 Å². The number of hydrogen-bond acceptors (Lipinski definition) is 4. The van der Waals surface area contributed by atoms with Crippen LogP contribution in [0.4, 0.5) is 0 Å². The van der Waals surface area contributed by atoms with Crippen molar-refractivity contribution in [2.45, 2.75) is 39.4 Å². The van der Waals surface area contributed by atoms with Gasteiger partial charge in [-0.3, -0.25) is 4.90 Å². The second kappa shape index (κ2) is 8.24. The Kier molecular flexibility index (Phi) is 6.93. The molecule has 2 N–H and O–H groups in total. The molecule has 0 aliphatic heterocycles. The van der Waals surface area contributed by atoms with E-state index in [2.05, 4.69) is 29.9 Å². The van der Waals surface area contributed by atoms with Crippen molar-refractivity contribution in [3.8, 4) is 0 Å². The van der Waals surface area contributed by atoms with Crippen LogP contribution in [0.1, 0.15) is 26.0 Å². The summed E-state index contributed by atoms with van der Waals surface area (Å²) in [6.45, 7) is 8.49. The maximum absolute atomic E-state index is 5.53. The first-order valence-electron chi connectivity index (χ1n) is 6.65. The van der Waals surface area contributed by atoms with Crippen LogP contribution in [-0.4, -0.2) is 47.3 Å². The summed E-state index contributed by atoms with van der Waals surface area (Å²) in [5.41, 5.74) is 6.63. The summed E-state index contributed by atoms with van der Waals surface area (Å²) in [7, 11) is 1.74. The second-order valence-corrected chi connectivity index (χ2v) is 4.61. The van der Waals surface area contributed by atoms with Gasteiger partial charge in [0.15, 0.2) is 0 Å². The van der Waals surface area contributed by atoms with E-state index < -0.39 is 0 Å². The first-order valence-corrected chi connectivity index (χ1v) is 6.65. The van der Waals surface area contributed by atoms with E-state index in [1.54, 1.807) is 7.11 Å². The maximum Gasteiger partial charge on any atom is 0.0950 e. The minimum Gasteiger partial charge on any atom is -0.383 e. The topological polar surface area (TPSA) is 56.3 Å². The molecule has 1 unspecified atom stereocenters. The third-order valence-corrected chi connectivity index (χ3v) is 3.24. The molecule has 0 saturated carbocycles. The molecule has 0 spiro atoms. The molecule has 0 aliphatic rings. The van der Waals surface area contributed by atoms with Gasteiger partial charge in [-0.1, -0.05) is 6.92 Å². The third-order valence-electron chi connectivity index (χ3n) is 3.24. The van der Waals surface area contributed by atoms with E-state index in [-0.39, 0.29) is 0 Å². The predicted octanol–water partition coefficient (Wildman–Crippen LogP) is 1.09. The Morgan fingerprint density at radius 2 is 2.33 bits per heavy atom. The smallest absolute Gasteiger partial charge is 0.0950 e. The third kappa shape index (κ3) is 4.76. The zero-order valence-electron chi connectivity index (χ0n) is 11.8. The highest BCUT2D eigenvalue weighted by atomic mass is 16.5. The minimum absolute atomic E-state index is 0.541. The number of hydrogen-bond donors (Lipinski definition) is 1. The van der Waals surface area contributed by atoms with Crippen molar-refractivity contribution in [2.24, 2.45) is 5.73 Å². The molecule has 0 aliphatic carbocycles. The van der Waals surface area contributed by atoms with Crippen LogP contribution >= 0.6 is 0 Å². The van der Waals surface area contributed by atoms with E-state index in [1.807, 2.05) is 10.9 Å². The predicted molar refractivity (Wildman–Crippen MR) is 73.3 cm³/mol. The lowest BCUT2D eigenvalue weighted by molar-refractivity contribution is 0.117. The Bertz CT molecular complexity index is 327. The van der Waals surface area contributed by atoms with Gasteiger partial charge in [-0.25, -0.2) is 4.98 Å². The molecular weight excluding hydrogens is 228 g/mol. The van der Waals surface area contributed by atoms with Crippen molar-refractivity contribution in [1.82, 2.24) is 14.5 Å². The summed E-state index contributed by atoms with van der Waals surface area (Å²) >= 11 is 0. The van der Waals surface area contributed by atoms with Crippen LogP contribution < -0.4 is 5.73 Å². The maximum atomic E-state index is 5.53. The Morgan fingerprint density at radius 3 is 2.94 bits per heavy atom. The highest BCUT2D eigenvalue weighted by molar-refractivity contribution is 4.97.